The Morgan fingerprint density at radius 1 is 1.25 bits per heavy atom. The van der Waals surface area contributed by atoms with Crippen LogP contribution < -0.4 is 0 Å². The van der Waals surface area contributed by atoms with Gasteiger partial charge in [0, 0.05) is 0 Å². The summed E-state index contributed by atoms with van der Waals surface area (Å²) in [5.41, 5.74) is 0. The molecule has 0 aromatic carbocycles. The van der Waals surface area contributed by atoms with Gasteiger partial charge in [-0.1, -0.05) is 6.92 Å². The number of hydrogen-bond acceptors (Lipinski definition) is 1. The molecule has 16 heavy (non-hydrogen) atoms. The highest BCUT2D eigenvalue weighted by Crippen LogP contribution is 2.56. The second-order valence-corrected chi connectivity index (χ2v) is 3.99. The van der Waals surface area contributed by atoms with Crippen molar-refractivity contribution in [2.45, 2.75) is 56.7 Å². The van der Waals surface area contributed by atoms with Crippen molar-refractivity contribution in [1.29, 1.82) is 0 Å². The van der Waals surface area contributed by atoms with Gasteiger partial charge in [-0.25, -0.2) is 8.78 Å². The first-order chi connectivity index (χ1) is 7.07. The molecule has 96 valence electrons. The first-order valence-corrected chi connectivity index (χ1v) is 4.83. The predicted octanol–water partition coefficient (Wildman–Crippen LogP) is 3.48. The minimum Gasteiger partial charge on any atom is -0.340 e. The molecule has 0 aliphatic heterocycles. The molecule has 0 spiro atoms. The Morgan fingerprint density at radius 2 is 1.75 bits per heavy atom. The zero-order valence-corrected chi connectivity index (χ0v) is 8.74. The lowest BCUT2D eigenvalue weighted by Gasteiger charge is -2.26. The molecule has 0 amide bonds. The molecule has 0 radical (unpaired) electrons. The molecule has 0 aromatic rings. The van der Waals surface area contributed by atoms with Crippen LogP contribution >= 0.6 is 0 Å². The third-order valence-corrected chi connectivity index (χ3v) is 2.62. The van der Waals surface area contributed by atoms with E-state index >= 15 is 0 Å². The van der Waals surface area contributed by atoms with Gasteiger partial charge in [0.25, 0.3) is 5.85 Å². The Balaban J connectivity index is 2.93. The second kappa shape index (κ2) is 3.78. The molecule has 1 aliphatic rings. The summed E-state index contributed by atoms with van der Waals surface area (Å²) >= 11 is 0. The van der Waals surface area contributed by atoms with E-state index in [1.165, 1.54) is 13.8 Å². The molecule has 0 heterocycles. The Kier molecular flexibility index (Phi) is 3.22. The molecule has 1 nitrogen and oxygen atoms in total. The van der Waals surface area contributed by atoms with Gasteiger partial charge in [0.2, 0.25) is 6.17 Å². The molecule has 1 rings (SSSR count). The Labute approximate surface area is 88.8 Å². The molecule has 1 aliphatic carbocycles. The zero-order valence-electron chi connectivity index (χ0n) is 8.74. The molecule has 0 N–H and O–H groups in total. The Hall–Kier alpha value is -0.460. The average Bonchev–Trinajstić information content (AvgIpc) is 2.24. The lowest BCUT2D eigenvalue weighted by Crippen LogP contribution is -2.45. The van der Waals surface area contributed by atoms with Gasteiger partial charge in [-0.05, 0) is 13.3 Å². The van der Waals surface area contributed by atoms with Crippen LogP contribution in [0.1, 0.15) is 26.7 Å². The summed E-state index contributed by atoms with van der Waals surface area (Å²) < 4.78 is 81.8. The summed E-state index contributed by atoms with van der Waals surface area (Å²) in [5, 5.41) is 0. The molecular weight excluding hydrogens is 238 g/mol. The molecule has 7 heteroatoms. The van der Waals surface area contributed by atoms with E-state index in [2.05, 4.69) is 4.74 Å². The first-order valence-electron chi connectivity index (χ1n) is 4.83. The van der Waals surface area contributed by atoms with Gasteiger partial charge in [-0.3, -0.25) is 0 Å². The highest BCUT2D eigenvalue weighted by molar-refractivity contribution is 5.08. The van der Waals surface area contributed by atoms with E-state index in [4.69, 9.17) is 0 Å². The van der Waals surface area contributed by atoms with Crippen molar-refractivity contribution in [1.82, 2.24) is 0 Å². The van der Waals surface area contributed by atoms with Crippen LogP contribution in [0, 0.1) is 0 Å². The maximum atomic E-state index is 13.6. The van der Waals surface area contributed by atoms with Crippen molar-refractivity contribution in [2.24, 2.45) is 0 Å². The third kappa shape index (κ3) is 1.89. The predicted molar refractivity (Wildman–Crippen MR) is 44.1 cm³/mol. The van der Waals surface area contributed by atoms with E-state index in [0.29, 0.717) is 0 Å². The lowest BCUT2D eigenvalue weighted by atomic mass is 10.2. The summed E-state index contributed by atoms with van der Waals surface area (Å²) in [4.78, 5) is 0. The molecule has 0 saturated heterocycles. The smallest absolute Gasteiger partial charge is 0.340 e. The van der Waals surface area contributed by atoms with Gasteiger partial charge in [0.15, 0.2) is 0 Å². The van der Waals surface area contributed by atoms with Gasteiger partial charge in [0.1, 0.15) is 0 Å². The fourth-order valence-electron chi connectivity index (χ4n) is 1.49. The fourth-order valence-corrected chi connectivity index (χ4v) is 1.49. The minimum atomic E-state index is -5.03. The van der Waals surface area contributed by atoms with Crippen LogP contribution in [-0.4, -0.2) is 30.0 Å². The van der Waals surface area contributed by atoms with Crippen molar-refractivity contribution in [3.05, 3.63) is 0 Å². The third-order valence-electron chi connectivity index (χ3n) is 2.62. The monoisotopic (exact) mass is 250 g/mol. The molecule has 0 bridgehead atoms. The van der Waals surface area contributed by atoms with Crippen LogP contribution in [0.5, 0.6) is 0 Å². The number of rotatable bonds is 3. The first kappa shape index (κ1) is 13.6. The minimum absolute atomic E-state index is 0.204. The maximum absolute atomic E-state index is 13.6. The van der Waals surface area contributed by atoms with Gasteiger partial charge in [-0.15, -0.1) is 0 Å². The highest BCUT2D eigenvalue weighted by Gasteiger charge is 2.78. The van der Waals surface area contributed by atoms with E-state index < -0.39 is 36.4 Å². The molecule has 1 saturated carbocycles. The van der Waals surface area contributed by atoms with E-state index in [1.54, 1.807) is 0 Å². The van der Waals surface area contributed by atoms with Crippen molar-refractivity contribution >= 4 is 0 Å². The van der Waals surface area contributed by atoms with Crippen LogP contribution in [0.4, 0.5) is 26.3 Å². The number of halogens is 6. The van der Waals surface area contributed by atoms with E-state index in [0.717, 1.165) is 0 Å². The molecule has 1 fully saturated rings. The van der Waals surface area contributed by atoms with Gasteiger partial charge < -0.3 is 4.74 Å². The van der Waals surface area contributed by atoms with Crippen molar-refractivity contribution in [3.8, 4) is 0 Å². The summed E-state index contributed by atoms with van der Waals surface area (Å²) in [5.74, 6) is -13.4. The van der Waals surface area contributed by atoms with E-state index in [-0.39, 0.29) is 6.42 Å². The lowest BCUT2D eigenvalue weighted by molar-refractivity contribution is -0.232. The topological polar surface area (TPSA) is 9.23 Å². The van der Waals surface area contributed by atoms with Crippen molar-refractivity contribution in [3.63, 3.8) is 0 Å². The van der Waals surface area contributed by atoms with Crippen LogP contribution in [0.2, 0.25) is 0 Å². The van der Waals surface area contributed by atoms with Gasteiger partial charge >= 0.3 is 11.8 Å². The van der Waals surface area contributed by atoms with Crippen molar-refractivity contribution < 1.29 is 31.1 Å². The summed E-state index contributed by atoms with van der Waals surface area (Å²) in [6.45, 7) is 2.83. The largest absolute Gasteiger partial charge is 0.346 e. The SMILES string of the molecule is CCC(C)OC1(F)CC(F)(F)C(F)(F)C1F. The van der Waals surface area contributed by atoms with Crippen LogP contribution in [0.25, 0.3) is 0 Å². The number of alkyl halides is 6. The number of hydrogen-bond donors (Lipinski definition) is 0. The second-order valence-electron chi connectivity index (χ2n) is 3.99. The normalized spacial score (nSPS) is 38.6. The van der Waals surface area contributed by atoms with Gasteiger partial charge in [0.05, 0.1) is 12.5 Å². The van der Waals surface area contributed by atoms with E-state index in [9.17, 15) is 26.3 Å². The number of ether oxygens (including phenoxy) is 1. The maximum Gasteiger partial charge on any atom is 0.346 e. The standard InChI is InChI=1S/C9H12F6O/c1-3-5(2)16-7(11)4-8(12,13)9(14,15)6(7)10/h5-6H,3-4H2,1-2H3. The van der Waals surface area contributed by atoms with Gasteiger partial charge in [-0.2, -0.15) is 17.6 Å². The summed E-state index contributed by atoms with van der Waals surface area (Å²) in [7, 11) is 0. The molecular formula is C9H12F6O. The highest BCUT2D eigenvalue weighted by atomic mass is 19.3. The van der Waals surface area contributed by atoms with E-state index in [1.807, 2.05) is 0 Å². The summed E-state index contributed by atoms with van der Waals surface area (Å²) in [6, 6.07) is 0. The Morgan fingerprint density at radius 3 is 2.06 bits per heavy atom. The quantitative estimate of drug-likeness (QED) is 0.697. The van der Waals surface area contributed by atoms with Crippen LogP contribution in [0.15, 0.2) is 0 Å². The average molecular weight is 250 g/mol. The molecule has 0 aromatic heterocycles. The Bertz CT molecular complexity index is 269. The van der Waals surface area contributed by atoms with Crippen molar-refractivity contribution in [2.75, 3.05) is 0 Å². The fraction of sp³-hybridized carbons (Fsp3) is 1.00. The van der Waals surface area contributed by atoms with Crippen LogP contribution in [-0.2, 0) is 4.74 Å². The summed E-state index contributed by atoms with van der Waals surface area (Å²) in [6.07, 6.45) is -6.31. The molecule has 3 atom stereocenters. The van der Waals surface area contributed by atoms with Crippen LogP contribution in [0.3, 0.4) is 0 Å². The zero-order chi connectivity index (χ0) is 12.8. The molecule has 3 unspecified atom stereocenters.